The molecule has 2 N–H and O–H groups in total. The Hall–Kier alpha value is -0.630. The van der Waals surface area contributed by atoms with E-state index in [9.17, 15) is 0 Å². The molecule has 0 spiro atoms. The van der Waals surface area contributed by atoms with Gasteiger partial charge in [-0.15, -0.1) is 6.58 Å². The van der Waals surface area contributed by atoms with E-state index >= 15 is 0 Å². The van der Waals surface area contributed by atoms with Crippen molar-refractivity contribution >= 4 is 6.21 Å². The Morgan fingerprint density at radius 2 is 2.11 bits per heavy atom. The molecule has 1 rings (SSSR count). The second-order valence-electron chi connectivity index (χ2n) is 2.39. The molecule has 1 fully saturated rings. The summed E-state index contributed by atoms with van der Waals surface area (Å²) >= 11 is 0. The average Bonchev–Trinajstić information content (AvgIpc) is 2.33. The van der Waals surface area contributed by atoms with Gasteiger partial charge >= 0.3 is 0 Å². The molecule has 0 radical (unpaired) electrons. The van der Waals surface area contributed by atoms with E-state index in [1.54, 1.807) is 0 Å². The van der Waals surface area contributed by atoms with Crippen molar-refractivity contribution in [3.8, 4) is 0 Å². The molecule has 1 heterocycles. The van der Waals surface area contributed by atoms with Gasteiger partial charge in [0.2, 0.25) is 0 Å². The first-order valence-corrected chi connectivity index (χ1v) is 3.22. The van der Waals surface area contributed by atoms with Crippen molar-refractivity contribution in [3.63, 3.8) is 0 Å². The molecule has 2 heteroatoms. The van der Waals surface area contributed by atoms with E-state index in [2.05, 4.69) is 11.9 Å². The molecular weight excluding hydrogens is 112 g/mol. The number of nitrogens with one attached hydrogen (secondary N) is 2. The summed E-state index contributed by atoms with van der Waals surface area (Å²) in [7, 11) is 0. The maximum atomic E-state index is 7.02. The van der Waals surface area contributed by atoms with Crippen molar-refractivity contribution in [2.75, 3.05) is 13.1 Å². The van der Waals surface area contributed by atoms with Crippen LogP contribution in [0.3, 0.4) is 0 Å². The van der Waals surface area contributed by atoms with Crippen LogP contribution < -0.4 is 5.32 Å². The quantitative estimate of drug-likeness (QED) is 0.411. The molecule has 0 aliphatic carbocycles. The van der Waals surface area contributed by atoms with Gasteiger partial charge in [0.15, 0.2) is 0 Å². The molecule has 50 valence electrons. The molecule has 2 nitrogen and oxygen atoms in total. The molecule has 0 bridgehead atoms. The number of hydrogen-bond donors (Lipinski definition) is 2. The summed E-state index contributed by atoms with van der Waals surface area (Å²) in [5.74, 6) is 0.880. The monoisotopic (exact) mass is 124 g/mol. The number of rotatable bonds is 2. The van der Waals surface area contributed by atoms with Crippen LogP contribution in [0.15, 0.2) is 12.7 Å². The van der Waals surface area contributed by atoms with Crippen molar-refractivity contribution in [1.29, 1.82) is 5.41 Å². The summed E-state index contributed by atoms with van der Waals surface area (Å²) < 4.78 is 0. The average molecular weight is 124 g/mol. The highest BCUT2D eigenvalue weighted by atomic mass is 14.9. The molecule has 2 unspecified atom stereocenters. The lowest BCUT2D eigenvalue weighted by Gasteiger charge is -2.05. The van der Waals surface area contributed by atoms with E-state index in [1.807, 2.05) is 6.08 Å². The summed E-state index contributed by atoms with van der Waals surface area (Å²) in [6, 6.07) is 0. The van der Waals surface area contributed by atoms with E-state index in [0.29, 0.717) is 11.8 Å². The Bertz CT molecular complexity index is 106. The summed E-state index contributed by atoms with van der Waals surface area (Å²) in [5, 5.41) is 10.2. The highest BCUT2D eigenvalue weighted by Crippen LogP contribution is 2.14. The standard InChI is InChI=1S/C7H12N2/c1-2-6-4-9-5-7(6)3-8/h2-3,6-9H,1,4-5H2. The minimum atomic E-state index is 0.391. The molecule has 1 aliphatic heterocycles. The highest BCUT2D eigenvalue weighted by Gasteiger charge is 2.21. The van der Waals surface area contributed by atoms with E-state index in [1.165, 1.54) is 6.21 Å². The fraction of sp³-hybridized carbons (Fsp3) is 0.571. The van der Waals surface area contributed by atoms with Gasteiger partial charge in [-0.3, -0.25) is 0 Å². The maximum absolute atomic E-state index is 7.02. The van der Waals surface area contributed by atoms with Crippen LogP contribution in [0.1, 0.15) is 0 Å². The molecule has 1 saturated heterocycles. The molecule has 0 aromatic carbocycles. The Morgan fingerprint density at radius 3 is 2.56 bits per heavy atom. The van der Waals surface area contributed by atoms with Crippen LogP contribution in [-0.2, 0) is 0 Å². The topological polar surface area (TPSA) is 35.9 Å². The van der Waals surface area contributed by atoms with Gasteiger partial charge in [-0.05, 0) is 5.92 Å². The minimum absolute atomic E-state index is 0.391. The van der Waals surface area contributed by atoms with E-state index in [4.69, 9.17) is 5.41 Å². The van der Waals surface area contributed by atoms with Gasteiger partial charge in [-0.25, -0.2) is 0 Å². The van der Waals surface area contributed by atoms with Gasteiger partial charge in [0.25, 0.3) is 0 Å². The predicted octanol–water partition coefficient (Wildman–Crippen LogP) is 0.658. The van der Waals surface area contributed by atoms with Crippen LogP contribution >= 0.6 is 0 Å². The minimum Gasteiger partial charge on any atom is -0.315 e. The summed E-state index contributed by atoms with van der Waals surface area (Å²) in [4.78, 5) is 0. The fourth-order valence-electron chi connectivity index (χ4n) is 1.16. The van der Waals surface area contributed by atoms with Crippen LogP contribution in [0.5, 0.6) is 0 Å². The smallest absolute Gasteiger partial charge is 0.0135 e. The Morgan fingerprint density at radius 1 is 1.44 bits per heavy atom. The van der Waals surface area contributed by atoms with Crippen LogP contribution in [0.4, 0.5) is 0 Å². The van der Waals surface area contributed by atoms with Crippen molar-refractivity contribution in [1.82, 2.24) is 5.32 Å². The molecule has 0 saturated carbocycles. The van der Waals surface area contributed by atoms with Crippen molar-refractivity contribution < 1.29 is 0 Å². The lowest BCUT2D eigenvalue weighted by atomic mass is 9.98. The normalized spacial score (nSPS) is 34.2. The first-order chi connectivity index (χ1) is 4.38. The van der Waals surface area contributed by atoms with Crippen molar-refractivity contribution in [2.45, 2.75) is 0 Å². The zero-order valence-corrected chi connectivity index (χ0v) is 5.43. The molecule has 9 heavy (non-hydrogen) atoms. The van der Waals surface area contributed by atoms with Crippen LogP contribution in [-0.4, -0.2) is 19.3 Å². The molecule has 0 aromatic heterocycles. The SMILES string of the molecule is C=CC1CNCC1C=N. The van der Waals surface area contributed by atoms with Gasteiger partial charge < -0.3 is 10.7 Å². The van der Waals surface area contributed by atoms with Gasteiger partial charge in [0.1, 0.15) is 0 Å². The lowest BCUT2D eigenvalue weighted by molar-refractivity contribution is 0.644. The highest BCUT2D eigenvalue weighted by molar-refractivity contribution is 5.58. The van der Waals surface area contributed by atoms with Crippen LogP contribution in [0.2, 0.25) is 0 Å². The third-order valence-corrected chi connectivity index (χ3v) is 1.83. The largest absolute Gasteiger partial charge is 0.315 e. The van der Waals surface area contributed by atoms with Gasteiger partial charge in [0, 0.05) is 25.2 Å². The third kappa shape index (κ3) is 1.19. The Labute approximate surface area is 55.5 Å². The van der Waals surface area contributed by atoms with Crippen molar-refractivity contribution in [3.05, 3.63) is 12.7 Å². The second kappa shape index (κ2) is 2.78. The molecule has 0 amide bonds. The molecule has 2 atom stereocenters. The van der Waals surface area contributed by atoms with Crippen molar-refractivity contribution in [2.24, 2.45) is 11.8 Å². The molecule has 1 aliphatic rings. The Kier molecular flexibility index (Phi) is 2.01. The van der Waals surface area contributed by atoms with Crippen LogP contribution in [0, 0.1) is 17.2 Å². The molecular formula is C7H12N2. The first-order valence-electron chi connectivity index (χ1n) is 3.22. The van der Waals surface area contributed by atoms with E-state index < -0.39 is 0 Å². The summed E-state index contributed by atoms with van der Waals surface area (Å²) in [6.45, 7) is 5.63. The lowest BCUT2D eigenvalue weighted by Crippen LogP contribution is -2.10. The van der Waals surface area contributed by atoms with Gasteiger partial charge in [-0.2, -0.15) is 0 Å². The first kappa shape index (κ1) is 6.49. The zero-order chi connectivity index (χ0) is 6.69. The van der Waals surface area contributed by atoms with Crippen LogP contribution in [0.25, 0.3) is 0 Å². The Balaban J connectivity index is 2.50. The van der Waals surface area contributed by atoms with E-state index in [0.717, 1.165) is 13.1 Å². The molecule has 0 aromatic rings. The fourth-order valence-corrected chi connectivity index (χ4v) is 1.16. The zero-order valence-electron chi connectivity index (χ0n) is 5.43. The van der Waals surface area contributed by atoms with Gasteiger partial charge in [-0.1, -0.05) is 6.08 Å². The summed E-state index contributed by atoms with van der Waals surface area (Å²) in [5.41, 5.74) is 0. The predicted molar refractivity (Wildman–Crippen MR) is 38.8 cm³/mol. The summed E-state index contributed by atoms with van der Waals surface area (Å²) in [6.07, 6.45) is 3.43. The second-order valence-corrected chi connectivity index (χ2v) is 2.39. The third-order valence-electron chi connectivity index (χ3n) is 1.83. The number of hydrogen-bond acceptors (Lipinski definition) is 2. The van der Waals surface area contributed by atoms with E-state index in [-0.39, 0.29) is 0 Å². The maximum Gasteiger partial charge on any atom is 0.0135 e. The van der Waals surface area contributed by atoms with Gasteiger partial charge in [0.05, 0.1) is 0 Å².